The van der Waals surface area contributed by atoms with Gasteiger partial charge in [0.25, 0.3) is 0 Å². The van der Waals surface area contributed by atoms with E-state index in [4.69, 9.17) is 0 Å². The Morgan fingerprint density at radius 2 is 2.00 bits per heavy atom. The Hall–Kier alpha value is -1.07. The number of amides is 2. The lowest BCUT2D eigenvalue weighted by Crippen LogP contribution is -2.41. The summed E-state index contributed by atoms with van der Waals surface area (Å²) in [5.41, 5.74) is 0. The summed E-state index contributed by atoms with van der Waals surface area (Å²) in [4.78, 5) is 14.1. The van der Waals surface area contributed by atoms with E-state index in [-0.39, 0.29) is 11.9 Å². The van der Waals surface area contributed by atoms with Crippen LogP contribution in [0, 0.1) is 5.92 Å². The Kier molecular flexibility index (Phi) is 6.87. The zero-order chi connectivity index (χ0) is 14.3. The number of carbonyl (C=O) groups excluding carboxylic acids is 1. The molecule has 0 aliphatic heterocycles. The molecule has 5 heteroatoms. The van der Waals surface area contributed by atoms with Crippen LogP contribution < -0.4 is 10.6 Å². The normalized spacial score (nSPS) is 13.9. The van der Waals surface area contributed by atoms with Crippen LogP contribution in [0.3, 0.4) is 0 Å². The molecule has 0 aliphatic rings. The lowest BCUT2D eigenvalue weighted by molar-refractivity contribution is 0.114. The molecule has 0 fully saturated rings. The average molecular weight is 284 g/mol. The van der Waals surface area contributed by atoms with Crippen molar-refractivity contribution in [1.82, 2.24) is 10.6 Å². The summed E-state index contributed by atoms with van der Waals surface area (Å²) in [7, 11) is 0. The number of aryl methyl sites for hydroxylation is 1. The predicted octanol–water partition coefficient (Wildman–Crippen LogP) is 2.52. The van der Waals surface area contributed by atoms with Gasteiger partial charge in [-0.3, -0.25) is 0 Å². The van der Waals surface area contributed by atoms with E-state index >= 15 is 0 Å². The predicted molar refractivity (Wildman–Crippen MR) is 79.4 cm³/mol. The van der Waals surface area contributed by atoms with Crippen molar-refractivity contribution < 1.29 is 9.90 Å². The molecule has 1 aromatic heterocycles. The van der Waals surface area contributed by atoms with Crippen molar-refractivity contribution >= 4 is 17.4 Å². The van der Waals surface area contributed by atoms with Crippen LogP contribution in [0.25, 0.3) is 0 Å². The Bertz CT molecular complexity index is 393. The van der Waals surface area contributed by atoms with Crippen molar-refractivity contribution in [3.63, 3.8) is 0 Å². The van der Waals surface area contributed by atoms with Crippen molar-refractivity contribution in [1.29, 1.82) is 0 Å². The third-order valence-corrected chi connectivity index (χ3v) is 4.49. The van der Waals surface area contributed by atoms with Crippen LogP contribution in [0.15, 0.2) is 12.1 Å². The van der Waals surface area contributed by atoms with Crippen molar-refractivity contribution in [2.75, 3.05) is 6.54 Å². The molecule has 108 valence electrons. The molecule has 0 saturated heterocycles. The smallest absolute Gasteiger partial charge is 0.315 e. The maximum absolute atomic E-state index is 11.6. The summed E-state index contributed by atoms with van der Waals surface area (Å²) in [6, 6.07) is 3.90. The monoisotopic (exact) mass is 284 g/mol. The van der Waals surface area contributed by atoms with Gasteiger partial charge < -0.3 is 15.7 Å². The van der Waals surface area contributed by atoms with Gasteiger partial charge in [0.1, 0.15) is 0 Å². The number of urea groups is 1. The molecule has 0 bridgehead atoms. The molecule has 0 spiro atoms. The number of thiophene rings is 1. The van der Waals surface area contributed by atoms with Gasteiger partial charge in [-0.05, 0) is 24.5 Å². The Labute approximate surface area is 119 Å². The number of hydrogen-bond acceptors (Lipinski definition) is 3. The quantitative estimate of drug-likeness (QED) is 0.720. The van der Waals surface area contributed by atoms with E-state index in [9.17, 15) is 9.90 Å². The van der Waals surface area contributed by atoms with E-state index in [1.807, 2.05) is 19.9 Å². The van der Waals surface area contributed by atoms with Crippen LogP contribution >= 0.6 is 11.3 Å². The first-order valence-corrected chi connectivity index (χ1v) is 7.65. The largest absolute Gasteiger partial charge is 0.391 e. The summed E-state index contributed by atoms with van der Waals surface area (Å²) in [5.74, 6) is 0.199. The van der Waals surface area contributed by atoms with Gasteiger partial charge in [0.05, 0.1) is 12.6 Å². The Balaban J connectivity index is 2.24. The minimum absolute atomic E-state index is 0.199. The molecular formula is C14H24N2O2S. The summed E-state index contributed by atoms with van der Waals surface area (Å²) in [5, 5.41) is 15.2. The SMILES string of the molecule is CCc1ccc(CNC(=O)NCC(O)C(C)CC)s1. The van der Waals surface area contributed by atoms with Gasteiger partial charge in [0, 0.05) is 16.3 Å². The molecule has 4 nitrogen and oxygen atoms in total. The third-order valence-electron chi connectivity index (χ3n) is 3.26. The first kappa shape index (κ1) is 16.0. The van der Waals surface area contributed by atoms with E-state index in [0.717, 1.165) is 17.7 Å². The molecule has 2 unspecified atom stereocenters. The topological polar surface area (TPSA) is 61.4 Å². The lowest BCUT2D eigenvalue weighted by atomic mass is 10.0. The highest BCUT2D eigenvalue weighted by Crippen LogP contribution is 2.16. The van der Waals surface area contributed by atoms with Crippen LogP contribution in [0.5, 0.6) is 0 Å². The molecule has 1 rings (SSSR count). The number of aliphatic hydroxyl groups excluding tert-OH is 1. The maximum Gasteiger partial charge on any atom is 0.315 e. The second-order valence-electron chi connectivity index (χ2n) is 4.74. The zero-order valence-corrected chi connectivity index (χ0v) is 12.7. The van der Waals surface area contributed by atoms with E-state index < -0.39 is 6.10 Å². The molecule has 2 amide bonds. The zero-order valence-electron chi connectivity index (χ0n) is 11.9. The highest BCUT2D eigenvalue weighted by molar-refractivity contribution is 7.11. The Morgan fingerprint density at radius 3 is 2.58 bits per heavy atom. The Morgan fingerprint density at radius 1 is 1.32 bits per heavy atom. The van der Waals surface area contributed by atoms with Gasteiger partial charge in [-0.15, -0.1) is 11.3 Å². The number of rotatable bonds is 7. The third kappa shape index (κ3) is 5.61. The van der Waals surface area contributed by atoms with E-state index in [1.54, 1.807) is 11.3 Å². The summed E-state index contributed by atoms with van der Waals surface area (Å²) in [6.07, 6.45) is 1.45. The number of carbonyl (C=O) groups is 1. The summed E-state index contributed by atoms with van der Waals surface area (Å²) >= 11 is 1.72. The van der Waals surface area contributed by atoms with E-state index in [0.29, 0.717) is 13.1 Å². The van der Waals surface area contributed by atoms with Crippen LogP contribution in [0.2, 0.25) is 0 Å². The number of nitrogens with one attached hydrogen (secondary N) is 2. The van der Waals surface area contributed by atoms with Crippen LogP contribution in [-0.2, 0) is 13.0 Å². The molecule has 0 aromatic carbocycles. The van der Waals surface area contributed by atoms with Gasteiger partial charge >= 0.3 is 6.03 Å². The minimum atomic E-state index is -0.482. The average Bonchev–Trinajstić information content (AvgIpc) is 2.89. The second kappa shape index (κ2) is 8.17. The van der Waals surface area contributed by atoms with Gasteiger partial charge in [-0.25, -0.2) is 4.79 Å². The van der Waals surface area contributed by atoms with Crippen LogP contribution in [0.1, 0.15) is 36.9 Å². The molecule has 0 saturated carbocycles. The van der Waals surface area contributed by atoms with Crippen molar-refractivity contribution in [2.45, 2.75) is 46.3 Å². The first-order valence-electron chi connectivity index (χ1n) is 6.84. The van der Waals surface area contributed by atoms with Crippen LogP contribution in [0.4, 0.5) is 4.79 Å². The summed E-state index contributed by atoms with van der Waals surface area (Å²) in [6.45, 7) is 6.95. The van der Waals surface area contributed by atoms with Crippen LogP contribution in [-0.4, -0.2) is 23.8 Å². The fourth-order valence-corrected chi connectivity index (χ4v) is 2.51. The molecule has 0 radical (unpaired) electrons. The van der Waals surface area contributed by atoms with Crippen molar-refractivity contribution in [3.05, 3.63) is 21.9 Å². The molecule has 3 N–H and O–H groups in total. The number of hydrogen-bond donors (Lipinski definition) is 3. The number of aliphatic hydroxyl groups is 1. The van der Waals surface area contributed by atoms with E-state index in [2.05, 4.69) is 23.6 Å². The van der Waals surface area contributed by atoms with Gasteiger partial charge in [-0.1, -0.05) is 27.2 Å². The first-order chi connectivity index (χ1) is 9.06. The van der Waals surface area contributed by atoms with Crippen molar-refractivity contribution in [3.8, 4) is 0 Å². The molecule has 19 heavy (non-hydrogen) atoms. The van der Waals surface area contributed by atoms with E-state index in [1.165, 1.54) is 4.88 Å². The molecule has 1 aromatic rings. The summed E-state index contributed by atoms with van der Waals surface area (Å²) < 4.78 is 0. The fraction of sp³-hybridized carbons (Fsp3) is 0.643. The highest BCUT2D eigenvalue weighted by atomic mass is 32.1. The lowest BCUT2D eigenvalue weighted by Gasteiger charge is -2.17. The van der Waals surface area contributed by atoms with Gasteiger partial charge in [-0.2, -0.15) is 0 Å². The second-order valence-corrected chi connectivity index (χ2v) is 5.99. The fourth-order valence-electron chi connectivity index (χ4n) is 1.61. The van der Waals surface area contributed by atoms with Gasteiger partial charge in [0.2, 0.25) is 0 Å². The molecule has 1 heterocycles. The minimum Gasteiger partial charge on any atom is -0.391 e. The molecular weight excluding hydrogens is 260 g/mol. The maximum atomic E-state index is 11.6. The molecule has 2 atom stereocenters. The standard InChI is InChI=1S/C14H24N2O2S/c1-4-10(3)13(17)9-16-14(18)15-8-12-7-6-11(5-2)19-12/h6-7,10,13,17H,4-5,8-9H2,1-3H3,(H2,15,16,18). The van der Waals surface area contributed by atoms with Gasteiger partial charge in [0.15, 0.2) is 0 Å². The van der Waals surface area contributed by atoms with Crippen molar-refractivity contribution in [2.24, 2.45) is 5.92 Å². The highest BCUT2D eigenvalue weighted by Gasteiger charge is 2.13. The molecule has 0 aliphatic carbocycles.